The highest BCUT2D eigenvalue weighted by atomic mass is 16.2. The van der Waals surface area contributed by atoms with Crippen LogP contribution >= 0.6 is 0 Å². The molecular weight excluding hydrogens is 264 g/mol. The molecule has 0 unspecified atom stereocenters. The minimum Gasteiger partial charge on any atom is -0.345 e. The van der Waals surface area contributed by atoms with Crippen molar-refractivity contribution in [2.24, 2.45) is 0 Å². The quantitative estimate of drug-likeness (QED) is 0.663. The molecule has 1 aliphatic carbocycles. The molecular formula is C17H24N2O2. The molecule has 1 aromatic rings. The maximum atomic E-state index is 12.0. The second-order valence-electron chi connectivity index (χ2n) is 5.63. The Bertz CT molecular complexity index is 491. The first-order chi connectivity index (χ1) is 10.2. The van der Waals surface area contributed by atoms with Crippen molar-refractivity contribution in [3.63, 3.8) is 0 Å². The van der Waals surface area contributed by atoms with E-state index in [4.69, 9.17) is 0 Å². The van der Waals surface area contributed by atoms with Crippen LogP contribution in [0.25, 0.3) is 0 Å². The van der Waals surface area contributed by atoms with Gasteiger partial charge in [-0.3, -0.25) is 9.59 Å². The zero-order chi connectivity index (χ0) is 15.1. The van der Waals surface area contributed by atoms with E-state index in [0.717, 1.165) is 43.4 Å². The molecule has 114 valence electrons. The molecule has 4 nitrogen and oxygen atoms in total. The van der Waals surface area contributed by atoms with Gasteiger partial charge < -0.3 is 10.6 Å². The lowest BCUT2D eigenvalue weighted by Gasteiger charge is -2.16. The molecule has 1 aromatic carbocycles. The van der Waals surface area contributed by atoms with Crippen molar-refractivity contribution in [1.82, 2.24) is 5.32 Å². The van der Waals surface area contributed by atoms with Crippen LogP contribution in [-0.2, 0) is 16.0 Å². The Morgan fingerprint density at radius 1 is 1.05 bits per heavy atom. The summed E-state index contributed by atoms with van der Waals surface area (Å²) in [4.78, 5) is 24.0. The first-order valence-corrected chi connectivity index (χ1v) is 7.90. The van der Waals surface area contributed by atoms with Crippen molar-refractivity contribution >= 4 is 17.5 Å². The Balaban J connectivity index is 1.91. The van der Waals surface area contributed by atoms with Gasteiger partial charge in [-0.2, -0.15) is 0 Å². The van der Waals surface area contributed by atoms with Gasteiger partial charge in [0.05, 0.1) is 0 Å². The number of aryl methyl sites for hydroxylation is 1. The molecule has 0 atom stereocenters. The summed E-state index contributed by atoms with van der Waals surface area (Å²) in [6.45, 7) is 2.02. The van der Waals surface area contributed by atoms with E-state index in [1.54, 1.807) is 0 Å². The first-order valence-electron chi connectivity index (χ1n) is 7.90. The normalized spacial score (nSPS) is 16.0. The number of anilines is 1. The summed E-state index contributed by atoms with van der Waals surface area (Å²) in [5, 5.41) is 5.58. The molecule has 1 aliphatic rings. The number of nitrogens with one attached hydrogen (secondary N) is 2. The lowest BCUT2D eigenvalue weighted by Crippen LogP contribution is -2.41. The molecule has 0 heterocycles. The van der Waals surface area contributed by atoms with Gasteiger partial charge in [0.1, 0.15) is 0 Å². The Kier molecular flexibility index (Phi) is 5.78. The van der Waals surface area contributed by atoms with Crippen molar-refractivity contribution in [2.75, 3.05) is 5.32 Å². The minimum absolute atomic E-state index is 0.146. The third-order valence-corrected chi connectivity index (χ3v) is 4.04. The molecule has 0 radical (unpaired) electrons. The molecule has 2 rings (SSSR count). The Morgan fingerprint density at radius 2 is 1.71 bits per heavy atom. The van der Waals surface area contributed by atoms with Gasteiger partial charge in [-0.1, -0.05) is 50.8 Å². The number of benzene rings is 1. The lowest BCUT2D eigenvalue weighted by molar-refractivity contribution is -0.136. The van der Waals surface area contributed by atoms with E-state index in [0.29, 0.717) is 0 Å². The molecule has 1 fully saturated rings. The fourth-order valence-corrected chi connectivity index (χ4v) is 2.80. The highest BCUT2D eigenvalue weighted by Crippen LogP contribution is 2.18. The molecule has 1 saturated carbocycles. The molecule has 2 amide bonds. The first kappa shape index (κ1) is 15.5. The topological polar surface area (TPSA) is 58.2 Å². The summed E-state index contributed by atoms with van der Waals surface area (Å²) >= 11 is 0. The highest BCUT2D eigenvalue weighted by molar-refractivity contribution is 6.39. The SMILES string of the molecule is CCc1ccccc1NC(=O)C(=O)NC1CCCCCC1. The number of para-hydroxylation sites is 1. The summed E-state index contributed by atoms with van der Waals surface area (Å²) in [6, 6.07) is 7.72. The summed E-state index contributed by atoms with van der Waals surface area (Å²) < 4.78 is 0. The standard InChI is InChI=1S/C17H24N2O2/c1-2-13-9-7-8-12-15(13)19-17(21)16(20)18-14-10-5-3-4-6-11-14/h7-9,12,14H,2-6,10-11H2,1H3,(H,18,20)(H,19,21). The molecule has 0 aromatic heterocycles. The van der Waals surface area contributed by atoms with Gasteiger partial charge in [0.15, 0.2) is 0 Å². The zero-order valence-electron chi connectivity index (χ0n) is 12.7. The average molecular weight is 288 g/mol. The lowest BCUT2D eigenvalue weighted by atomic mass is 10.1. The van der Waals surface area contributed by atoms with Crippen LogP contribution in [0.15, 0.2) is 24.3 Å². The van der Waals surface area contributed by atoms with Crippen molar-refractivity contribution < 1.29 is 9.59 Å². The van der Waals surface area contributed by atoms with E-state index in [1.807, 2.05) is 31.2 Å². The van der Waals surface area contributed by atoms with Crippen LogP contribution in [0, 0.1) is 0 Å². The Labute approximate surface area is 126 Å². The fourth-order valence-electron chi connectivity index (χ4n) is 2.80. The van der Waals surface area contributed by atoms with Gasteiger partial charge in [0.25, 0.3) is 0 Å². The van der Waals surface area contributed by atoms with E-state index >= 15 is 0 Å². The van der Waals surface area contributed by atoms with Gasteiger partial charge in [-0.15, -0.1) is 0 Å². The van der Waals surface area contributed by atoms with Gasteiger partial charge in [0, 0.05) is 11.7 Å². The zero-order valence-corrected chi connectivity index (χ0v) is 12.7. The predicted molar refractivity (Wildman–Crippen MR) is 84.1 cm³/mol. The van der Waals surface area contributed by atoms with Gasteiger partial charge >= 0.3 is 11.8 Å². The molecule has 0 saturated heterocycles. The largest absolute Gasteiger partial charge is 0.345 e. The van der Waals surface area contributed by atoms with Crippen molar-refractivity contribution in [1.29, 1.82) is 0 Å². The Morgan fingerprint density at radius 3 is 2.38 bits per heavy atom. The fraction of sp³-hybridized carbons (Fsp3) is 0.529. The van der Waals surface area contributed by atoms with Crippen LogP contribution in [0.1, 0.15) is 51.0 Å². The summed E-state index contributed by atoms with van der Waals surface area (Å²) in [6.07, 6.45) is 7.48. The molecule has 2 N–H and O–H groups in total. The second kappa shape index (κ2) is 7.81. The monoisotopic (exact) mass is 288 g/mol. The number of rotatable bonds is 3. The van der Waals surface area contributed by atoms with Crippen LogP contribution < -0.4 is 10.6 Å². The van der Waals surface area contributed by atoms with Crippen LogP contribution in [-0.4, -0.2) is 17.9 Å². The third-order valence-electron chi connectivity index (χ3n) is 4.04. The predicted octanol–water partition coefficient (Wildman–Crippen LogP) is 3.03. The molecule has 21 heavy (non-hydrogen) atoms. The summed E-state index contributed by atoms with van der Waals surface area (Å²) in [5.41, 5.74) is 1.76. The van der Waals surface area contributed by atoms with E-state index < -0.39 is 11.8 Å². The second-order valence-corrected chi connectivity index (χ2v) is 5.63. The Hall–Kier alpha value is -1.84. The molecule has 0 spiro atoms. The maximum Gasteiger partial charge on any atom is 0.313 e. The van der Waals surface area contributed by atoms with E-state index in [2.05, 4.69) is 10.6 Å². The van der Waals surface area contributed by atoms with Crippen LogP contribution in [0.5, 0.6) is 0 Å². The van der Waals surface area contributed by atoms with Crippen LogP contribution in [0.4, 0.5) is 5.69 Å². The molecule has 0 aliphatic heterocycles. The minimum atomic E-state index is -0.569. The van der Waals surface area contributed by atoms with Crippen molar-refractivity contribution in [2.45, 2.75) is 57.9 Å². The van der Waals surface area contributed by atoms with E-state index in [-0.39, 0.29) is 6.04 Å². The van der Waals surface area contributed by atoms with Gasteiger partial charge in [-0.05, 0) is 30.9 Å². The average Bonchev–Trinajstić information content (AvgIpc) is 2.76. The third kappa shape index (κ3) is 4.59. The highest BCUT2D eigenvalue weighted by Gasteiger charge is 2.20. The summed E-state index contributed by atoms with van der Waals surface area (Å²) in [5.74, 6) is -1.09. The number of carbonyl (C=O) groups excluding carboxylic acids is 2. The molecule has 0 bridgehead atoms. The number of amides is 2. The summed E-state index contributed by atoms with van der Waals surface area (Å²) in [7, 11) is 0. The smallest absolute Gasteiger partial charge is 0.313 e. The number of carbonyl (C=O) groups is 2. The van der Waals surface area contributed by atoms with Gasteiger partial charge in [0.2, 0.25) is 0 Å². The maximum absolute atomic E-state index is 12.0. The van der Waals surface area contributed by atoms with Crippen LogP contribution in [0.3, 0.4) is 0 Å². The number of hydrogen-bond acceptors (Lipinski definition) is 2. The van der Waals surface area contributed by atoms with E-state index in [9.17, 15) is 9.59 Å². The van der Waals surface area contributed by atoms with Crippen molar-refractivity contribution in [3.05, 3.63) is 29.8 Å². The number of hydrogen-bond donors (Lipinski definition) is 2. The molecule has 4 heteroatoms. The van der Waals surface area contributed by atoms with Crippen molar-refractivity contribution in [3.8, 4) is 0 Å². The van der Waals surface area contributed by atoms with Crippen LogP contribution in [0.2, 0.25) is 0 Å². The van der Waals surface area contributed by atoms with Gasteiger partial charge in [-0.25, -0.2) is 0 Å². The van der Waals surface area contributed by atoms with E-state index in [1.165, 1.54) is 12.8 Å².